The molecule has 1 heteroatoms. The molecule has 1 aliphatic heterocycles. The smallest absolute Gasteiger partial charge is 0.0811 e. The van der Waals surface area contributed by atoms with Gasteiger partial charge < -0.3 is 4.74 Å². The fraction of sp³-hybridized carbons (Fsp3) is 0.857. The van der Waals surface area contributed by atoms with Crippen LogP contribution in [-0.4, -0.2) is 12.2 Å². The molecule has 1 heterocycles. The van der Waals surface area contributed by atoms with E-state index in [4.69, 9.17) is 4.74 Å². The average Bonchev–Trinajstić information content (AvgIpc) is 3.05. The monoisotopic (exact) mass is 210 g/mol. The van der Waals surface area contributed by atoms with Crippen LogP contribution in [0.2, 0.25) is 0 Å². The Bertz CT molecular complexity index is 206. The van der Waals surface area contributed by atoms with Crippen molar-refractivity contribution in [1.82, 2.24) is 0 Å². The Labute approximate surface area is 94.9 Å². The van der Waals surface area contributed by atoms with E-state index in [1.807, 2.05) is 0 Å². The van der Waals surface area contributed by atoms with Gasteiger partial charge >= 0.3 is 0 Å². The standard InChI is InChI=1S/C5H10.C5H8.C4H8O/c2*1-4-3-5(4)2;1-3-4(2)5-3/h4-5H,3H2,1-2H3;3H2,1-2H3;3-4H,1-2H3. The minimum absolute atomic E-state index is 0.551. The lowest BCUT2D eigenvalue weighted by atomic mass is 10.4. The van der Waals surface area contributed by atoms with Crippen LogP contribution in [0.15, 0.2) is 11.1 Å². The Hall–Kier alpha value is -0.300. The van der Waals surface area contributed by atoms with Gasteiger partial charge in [0.1, 0.15) is 0 Å². The molecular formula is C14H26O. The zero-order valence-corrected chi connectivity index (χ0v) is 11.1. The lowest BCUT2D eigenvalue weighted by Gasteiger charge is -1.66. The van der Waals surface area contributed by atoms with Gasteiger partial charge in [-0.25, -0.2) is 0 Å². The van der Waals surface area contributed by atoms with Gasteiger partial charge in [-0.15, -0.1) is 0 Å². The van der Waals surface area contributed by atoms with Crippen LogP contribution in [0.3, 0.4) is 0 Å². The molecule has 0 radical (unpaired) electrons. The number of ether oxygens (including phenoxy) is 1. The average molecular weight is 210 g/mol. The minimum atomic E-state index is 0.551. The summed E-state index contributed by atoms with van der Waals surface area (Å²) >= 11 is 0. The fourth-order valence-corrected chi connectivity index (χ4v) is 1.15. The molecular weight excluding hydrogens is 184 g/mol. The summed E-state index contributed by atoms with van der Waals surface area (Å²) < 4.78 is 4.92. The highest BCUT2D eigenvalue weighted by molar-refractivity contribution is 5.30. The van der Waals surface area contributed by atoms with Crippen molar-refractivity contribution in [3.05, 3.63) is 11.1 Å². The molecule has 0 aromatic carbocycles. The second-order valence-corrected chi connectivity index (χ2v) is 5.47. The van der Waals surface area contributed by atoms with Gasteiger partial charge in [-0.05, 0) is 52.4 Å². The van der Waals surface area contributed by atoms with Crippen molar-refractivity contribution in [3.8, 4) is 0 Å². The lowest BCUT2D eigenvalue weighted by Crippen LogP contribution is -1.74. The third kappa shape index (κ3) is 5.99. The van der Waals surface area contributed by atoms with Crippen LogP contribution in [0.4, 0.5) is 0 Å². The van der Waals surface area contributed by atoms with E-state index < -0.39 is 0 Å². The van der Waals surface area contributed by atoms with Gasteiger partial charge in [0, 0.05) is 0 Å². The van der Waals surface area contributed by atoms with Gasteiger partial charge in [0.15, 0.2) is 0 Å². The molecule has 4 unspecified atom stereocenters. The van der Waals surface area contributed by atoms with Crippen LogP contribution in [-0.2, 0) is 4.74 Å². The molecule has 0 amide bonds. The van der Waals surface area contributed by atoms with Crippen molar-refractivity contribution >= 4 is 0 Å². The fourth-order valence-electron chi connectivity index (χ4n) is 1.15. The van der Waals surface area contributed by atoms with E-state index in [1.54, 1.807) is 11.1 Å². The molecule has 3 rings (SSSR count). The summed E-state index contributed by atoms with van der Waals surface area (Å²) in [6.45, 7) is 13.1. The van der Waals surface area contributed by atoms with Crippen molar-refractivity contribution < 1.29 is 4.74 Å². The zero-order chi connectivity index (χ0) is 11.6. The summed E-state index contributed by atoms with van der Waals surface area (Å²) in [4.78, 5) is 0. The van der Waals surface area contributed by atoms with Crippen molar-refractivity contribution in [2.24, 2.45) is 11.8 Å². The first-order valence-corrected chi connectivity index (χ1v) is 6.22. The van der Waals surface area contributed by atoms with Gasteiger partial charge in [-0.1, -0.05) is 25.0 Å². The Morgan fingerprint density at radius 3 is 1.07 bits per heavy atom. The number of hydrogen-bond donors (Lipinski definition) is 0. The minimum Gasteiger partial charge on any atom is -0.370 e. The number of epoxide rings is 1. The van der Waals surface area contributed by atoms with Crippen LogP contribution in [0.1, 0.15) is 54.4 Å². The number of allylic oxidation sites excluding steroid dienone is 2. The molecule has 0 spiro atoms. The van der Waals surface area contributed by atoms with E-state index in [2.05, 4.69) is 41.5 Å². The van der Waals surface area contributed by atoms with E-state index in [0.717, 1.165) is 11.8 Å². The molecule has 1 nitrogen and oxygen atoms in total. The topological polar surface area (TPSA) is 12.5 Å². The van der Waals surface area contributed by atoms with Crippen LogP contribution in [0, 0.1) is 11.8 Å². The Kier molecular flexibility index (Phi) is 4.39. The second-order valence-electron chi connectivity index (χ2n) is 5.47. The molecule has 1 saturated carbocycles. The molecule has 0 N–H and O–H groups in total. The van der Waals surface area contributed by atoms with Crippen molar-refractivity contribution in [2.45, 2.75) is 66.6 Å². The maximum atomic E-state index is 4.92. The van der Waals surface area contributed by atoms with Crippen LogP contribution >= 0.6 is 0 Å². The maximum absolute atomic E-state index is 4.92. The summed E-state index contributed by atoms with van der Waals surface area (Å²) in [6, 6.07) is 0. The van der Waals surface area contributed by atoms with Crippen molar-refractivity contribution in [2.75, 3.05) is 0 Å². The summed E-state index contributed by atoms with van der Waals surface area (Å²) in [7, 11) is 0. The second kappa shape index (κ2) is 5.16. The van der Waals surface area contributed by atoms with Crippen LogP contribution in [0.25, 0.3) is 0 Å². The normalized spacial score (nSPS) is 39.6. The molecule has 4 atom stereocenters. The van der Waals surface area contributed by atoms with Crippen molar-refractivity contribution in [1.29, 1.82) is 0 Å². The molecule has 0 aromatic heterocycles. The van der Waals surface area contributed by atoms with E-state index in [1.165, 1.54) is 12.8 Å². The third-order valence-corrected chi connectivity index (χ3v) is 3.66. The number of hydrogen-bond acceptors (Lipinski definition) is 1. The molecule has 15 heavy (non-hydrogen) atoms. The van der Waals surface area contributed by atoms with Crippen LogP contribution in [0.5, 0.6) is 0 Å². The van der Waals surface area contributed by atoms with Gasteiger partial charge in [0.2, 0.25) is 0 Å². The summed E-state index contributed by atoms with van der Waals surface area (Å²) in [6.07, 6.45) is 3.88. The first kappa shape index (κ1) is 12.8. The first-order chi connectivity index (χ1) is 6.91. The van der Waals surface area contributed by atoms with Gasteiger partial charge in [-0.3, -0.25) is 0 Å². The van der Waals surface area contributed by atoms with Crippen molar-refractivity contribution in [3.63, 3.8) is 0 Å². The molecule has 88 valence electrons. The first-order valence-electron chi connectivity index (χ1n) is 6.22. The van der Waals surface area contributed by atoms with E-state index in [9.17, 15) is 0 Å². The van der Waals surface area contributed by atoms with Gasteiger partial charge in [-0.2, -0.15) is 0 Å². The van der Waals surface area contributed by atoms with Gasteiger partial charge in [0.05, 0.1) is 12.2 Å². The predicted octanol–water partition coefficient (Wildman–Crippen LogP) is 4.18. The highest BCUT2D eigenvalue weighted by atomic mass is 16.6. The summed E-state index contributed by atoms with van der Waals surface area (Å²) in [5, 5.41) is 0. The Balaban J connectivity index is 0.000000112. The molecule has 0 aromatic rings. The molecule has 2 fully saturated rings. The SMILES string of the molecule is CC1=C(C)C1.CC1CC1C.CC1OC1C. The Morgan fingerprint density at radius 1 is 0.867 bits per heavy atom. The lowest BCUT2D eigenvalue weighted by molar-refractivity contribution is 0.389. The summed E-state index contributed by atoms with van der Waals surface area (Å²) in [5.74, 6) is 2.10. The molecule has 3 aliphatic rings. The molecule has 2 aliphatic carbocycles. The third-order valence-electron chi connectivity index (χ3n) is 3.66. The quantitative estimate of drug-likeness (QED) is 0.431. The molecule has 1 saturated heterocycles. The largest absolute Gasteiger partial charge is 0.370 e. The predicted molar refractivity (Wildman–Crippen MR) is 65.9 cm³/mol. The Morgan fingerprint density at radius 2 is 1.07 bits per heavy atom. The van der Waals surface area contributed by atoms with Crippen LogP contribution < -0.4 is 0 Å². The molecule has 0 bridgehead atoms. The highest BCUT2D eigenvalue weighted by Gasteiger charge is 2.27. The maximum Gasteiger partial charge on any atom is 0.0811 e. The highest BCUT2D eigenvalue weighted by Crippen LogP contribution is 2.36. The van der Waals surface area contributed by atoms with Gasteiger partial charge in [0.25, 0.3) is 0 Å². The number of rotatable bonds is 0. The zero-order valence-electron chi connectivity index (χ0n) is 11.1. The summed E-state index contributed by atoms with van der Waals surface area (Å²) in [5.41, 5.74) is 3.18. The van der Waals surface area contributed by atoms with E-state index in [-0.39, 0.29) is 0 Å². The van der Waals surface area contributed by atoms with E-state index in [0.29, 0.717) is 12.2 Å². The van der Waals surface area contributed by atoms with E-state index >= 15 is 0 Å².